The largest absolute Gasteiger partial charge is 0.323 e. The van der Waals surface area contributed by atoms with Crippen LogP contribution in [0.2, 0.25) is 0 Å². The lowest BCUT2D eigenvalue weighted by molar-refractivity contribution is -0.118. The molecule has 0 fully saturated rings. The third-order valence-corrected chi connectivity index (χ3v) is 3.74. The van der Waals surface area contributed by atoms with Gasteiger partial charge in [0.15, 0.2) is 0 Å². The molecule has 96 valence electrons. The second kappa shape index (κ2) is 6.91. The number of benzene rings is 1. The van der Waals surface area contributed by atoms with Gasteiger partial charge < -0.3 is 5.32 Å². The van der Waals surface area contributed by atoms with E-state index in [2.05, 4.69) is 37.2 Å². The number of halogens is 2. The van der Waals surface area contributed by atoms with Gasteiger partial charge in [-0.25, -0.2) is 0 Å². The monoisotopic (exact) mass is 372 g/mol. The number of carbonyl (C=O) groups excluding carboxylic acids is 1. The Hall–Kier alpha value is -0.860. The zero-order valence-corrected chi connectivity index (χ0v) is 13.4. The molecule has 0 saturated carbocycles. The first kappa shape index (κ1) is 15.2. The molecule has 0 saturated heterocycles. The van der Waals surface area contributed by atoms with E-state index in [1.165, 1.54) is 0 Å². The van der Waals surface area contributed by atoms with E-state index in [-0.39, 0.29) is 5.91 Å². The Morgan fingerprint density at radius 1 is 1.44 bits per heavy atom. The van der Waals surface area contributed by atoms with Gasteiger partial charge in [0.1, 0.15) is 5.92 Å². The highest BCUT2D eigenvalue weighted by molar-refractivity contribution is 9.11. The van der Waals surface area contributed by atoms with E-state index in [4.69, 9.17) is 5.26 Å². The molecule has 0 spiro atoms. The minimum atomic E-state index is -0.602. The Balaban J connectivity index is 2.92. The molecular weight excluding hydrogens is 360 g/mol. The first-order valence-electron chi connectivity index (χ1n) is 5.65. The van der Waals surface area contributed by atoms with Crippen molar-refractivity contribution in [2.75, 3.05) is 5.32 Å². The number of nitrogens with zero attached hydrogens (tertiary/aromatic N) is 1. The Labute approximate surface area is 124 Å². The van der Waals surface area contributed by atoms with Gasteiger partial charge in [0.25, 0.3) is 0 Å². The van der Waals surface area contributed by atoms with Crippen LogP contribution >= 0.6 is 31.9 Å². The van der Waals surface area contributed by atoms with Gasteiger partial charge in [0, 0.05) is 8.95 Å². The number of nitriles is 1. The van der Waals surface area contributed by atoms with Crippen molar-refractivity contribution < 1.29 is 4.79 Å². The van der Waals surface area contributed by atoms with E-state index in [1.807, 2.05) is 32.0 Å². The van der Waals surface area contributed by atoms with Crippen LogP contribution in [-0.4, -0.2) is 5.91 Å². The average molecular weight is 374 g/mol. The van der Waals surface area contributed by atoms with Crippen LogP contribution in [-0.2, 0) is 4.79 Å². The van der Waals surface area contributed by atoms with Gasteiger partial charge in [-0.2, -0.15) is 5.26 Å². The minimum Gasteiger partial charge on any atom is -0.323 e. The summed E-state index contributed by atoms with van der Waals surface area (Å²) >= 11 is 6.82. The lowest BCUT2D eigenvalue weighted by Gasteiger charge is -2.13. The number of nitrogens with one attached hydrogen (secondary N) is 1. The fraction of sp³-hybridized carbons (Fsp3) is 0.385. The van der Waals surface area contributed by atoms with Crippen molar-refractivity contribution in [3.05, 3.63) is 26.6 Å². The van der Waals surface area contributed by atoms with Crippen molar-refractivity contribution in [1.82, 2.24) is 0 Å². The standard InChI is InChI=1S/C13H14Br2N2O/c1-3-4-9(7-16)13(18)17-12-10(14)5-8(2)6-11(12)15/h5-6,9H,3-4H2,1-2H3,(H,17,18). The summed E-state index contributed by atoms with van der Waals surface area (Å²) in [5.41, 5.74) is 1.75. The summed E-state index contributed by atoms with van der Waals surface area (Å²) in [5, 5.41) is 11.7. The predicted octanol–water partition coefficient (Wildman–Crippen LogP) is 4.40. The van der Waals surface area contributed by atoms with Crippen molar-refractivity contribution in [2.45, 2.75) is 26.7 Å². The highest BCUT2D eigenvalue weighted by Gasteiger charge is 2.19. The second-order valence-corrected chi connectivity index (χ2v) is 5.77. The molecule has 18 heavy (non-hydrogen) atoms. The highest BCUT2D eigenvalue weighted by Crippen LogP contribution is 2.32. The molecule has 1 unspecified atom stereocenters. The SMILES string of the molecule is CCCC(C#N)C(=O)Nc1c(Br)cc(C)cc1Br. The van der Waals surface area contributed by atoms with Crippen LogP contribution in [0, 0.1) is 24.2 Å². The van der Waals surface area contributed by atoms with Crippen LogP contribution in [0.15, 0.2) is 21.1 Å². The van der Waals surface area contributed by atoms with E-state index in [1.54, 1.807) is 0 Å². The number of carbonyl (C=O) groups is 1. The first-order valence-corrected chi connectivity index (χ1v) is 7.24. The number of amides is 1. The molecule has 0 aliphatic rings. The molecule has 1 rings (SSSR count). The van der Waals surface area contributed by atoms with Crippen molar-refractivity contribution in [3.8, 4) is 6.07 Å². The van der Waals surface area contributed by atoms with Gasteiger partial charge >= 0.3 is 0 Å². The molecule has 5 heteroatoms. The van der Waals surface area contributed by atoms with Gasteiger partial charge in [-0.05, 0) is 62.9 Å². The Bertz CT molecular complexity index is 471. The Morgan fingerprint density at radius 3 is 2.44 bits per heavy atom. The molecular formula is C13H14Br2N2O. The third-order valence-electron chi connectivity index (χ3n) is 2.48. The predicted molar refractivity (Wildman–Crippen MR) is 79.2 cm³/mol. The maximum Gasteiger partial charge on any atom is 0.241 e. The van der Waals surface area contributed by atoms with Crippen molar-refractivity contribution in [2.24, 2.45) is 5.92 Å². The normalized spacial score (nSPS) is 11.7. The van der Waals surface area contributed by atoms with Crippen LogP contribution in [0.1, 0.15) is 25.3 Å². The summed E-state index contributed by atoms with van der Waals surface area (Å²) in [7, 11) is 0. The second-order valence-electron chi connectivity index (χ2n) is 4.06. The molecule has 0 aliphatic heterocycles. The van der Waals surface area contributed by atoms with Crippen LogP contribution < -0.4 is 5.32 Å². The molecule has 3 nitrogen and oxygen atoms in total. The summed E-state index contributed by atoms with van der Waals surface area (Å²) < 4.78 is 1.60. The van der Waals surface area contributed by atoms with Gasteiger partial charge in [0.05, 0.1) is 11.8 Å². The lowest BCUT2D eigenvalue weighted by atomic mass is 10.0. The van der Waals surface area contributed by atoms with E-state index >= 15 is 0 Å². The van der Waals surface area contributed by atoms with Gasteiger partial charge in [0.2, 0.25) is 5.91 Å². The first-order chi connectivity index (χ1) is 8.49. The molecule has 1 atom stereocenters. The number of anilines is 1. The molecule has 0 heterocycles. The summed E-state index contributed by atoms with van der Waals surface area (Å²) in [6.45, 7) is 3.92. The molecule has 0 radical (unpaired) electrons. The molecule has 1 aromatic carbocycles. The smallest absolute Gasteiger partial charge is 0.241 e. The molecule has 1 amide bonds. The lowest BCUT2D eigenvalue weighted by Crippen LogP contribution is -2.22. The number of hydrogen-bond donors (Lipinski definition) is 1. The molecule has 1 aromatic rings. The minimum absolute atomic E-state index is 0.260. The quantitative estimate of drug-likeness (QED) is 0.850. The fourth-order valence-electron chi connectivity index (χ4n) is 1.57. The van der Waals surface area contributed by atoms with Crippen molar-refractivity contribution >= 4 is 43.5 Å². The van der Waals surface area contributed by atoms with E-state index in [0.29, 0.717) is 12.1 Å². The summed E-state index contributed by atoms with van der Waals surface area (Å²) in [4.78, 5) is 11.9. The highest BCUT2D eigenvalue weighted by atomic mass is 79.9. The summed E-state index contributed by atoms with van der Waals surface area (Å²) in [6, 6.07) is 5.87. The van der Waals surface area contributed by atoms with Crippen LogP contribution in [0.3, 0.4) is 0 Å². The zero-order chi connectivity index (χ0) is 13.7. The summed E-state index contributed by atoms with van der Waals surface area (Å²) in [5.74, 6) is -0.861. The third kappa shape index (κ3) is 3.82. The molecule has 0 aromatic heterocycles. The van der Waals surface area contributed by atoms with Crippen molar-refractivity contribution in [3.63, 3.8) is 0 Å². The maximum atomic E-state index is 11.9. The van der Waals surface area contributed by atoms with Crippen LogP contribution in [0.5, 0.6) is 0 Å². The number of hydrogen-bond acceptors (Lipinski definition) is 2. The van der Waals surface area contributed by atoms with E-state index in [0.717, 1.165) is 20.9 Å². The fourth-order valence-corrected chi connectivity index (χ4v) is 3.19. The topological polar surface area (TPSA) is 52.9 Å². The van der Waals surface area contributed by atoms with Gasteiger partial charge in [-0.3, -0.25) is 4.79 Å². The van der Waals surface area contributed by atoms with Crippen molar-refractivity contribution in [1.29, 1.82) is 5.26 Å². The van der Waals surface area contributed by atoms with Crippen LogP contribution in [0.25, 0.3) is 0 Å². The zero-order valence-electron chi connectivity index (χ0n) is 10.3. The maximum absolute atomic E-state index is 11.9. The van der Waals surface area contributed by atoms with Gasteiger partial charge in [-0.15, -0.1) is 0 Å². The van der Waals surface area contributed by atoms with E-state index in [9.17, 15) is 4.79 Å². The van der Waals surface area contributed by atoms with E-state index < -0.39 is 5.92 Å². The van der Waals surface area contributed by atoms with Gasteiger partial charge in [-0.1, -0.05) is 13.3 Å². The Morgan fingerprint density at radius 2 is 2.00 bits per heavy atom. The average Bonchev–Trinajstić information content (AvgIpc) is 2.30. The summed E-state index contributed by atoms with van der Waals surface area (Å²) in [6.07, 6.45) is 1.38. The number of rotatable bonds is 4. The molecule has 0 aliphatic carbocycles. The molecule has 0 bridgehead atoms. The number of aryl methyl sites for hydroxylation is 1. The Kier molecular flexibility index (Phi) is 5.83. The molecule has 1 N–H and O–H groups in total. The van der Waals surface area contributed by atoms with Crippen LogP contribution in [0.4, 0.5) is 5.69 Å².